The monoisotopic (exact) mass is 286 g/mol. The zero-order valence-electron chi connectivity index (χ0n) is 10.5. The molecular formula is C13H9ClN5O. The topological polar surface area (TPSA) is 65.7 Å². The Bertz CT molecular complexity index is 729. The summed E-state index contributed by atoms with van der Waals surface area (Å²) in [6.45, 7) is 0. The minimum absolute atomic E-state index is 0.478. The van der Waals surface area contributed by atoms with E-state index >= 15 is 0 Å². The van der Waals surface area contributed by atoms with Crippen LogP contribution < -0.4 is 4.74 Å². The van der Waals surface area contributed by atoms with Crippen molar-refractivity contribution in [3.05, 3.63) is 48.0 Å². The predicted molar refractivity (Wildman–Crippen MR) is 72.8 cm³/mol. The molecule has 0 aliphatic heterocycles. The number of ether oxygens (including phenoxy) is 1. The molecule has 3 aromatic rings. The minimum atomic E-state index is 0.478. The van der Waals surface area contributed by atoms with Crippen LogP contribution >= 0.6 is 11.6 Å². The van der Waals surface area contributed by atoms with Crippen molar-refractivity contribution in [2.75, 3.05) is 7.11 Å². The van der Waals surface area contributed by atoms with Crippen LogP contribution in [0.5, 0.6) is 5.88 Å². The van der Waals surface area contributed by atoms with Gasteiger partial charge in [-0.3, -0.25) is 0 Å². The zero-order valence-corrected chi connectivity index (χ0v) is 11.2. The number of benzene rings is 1. The van der Waals surface area contributed by atoms with Crippen LogP contribution in [0.4, 0.5) is 0 Å². The fourth-order valence-corrected chi connectivity index (χ4v) is 1.98. The minimum Gasteiger partial charge on any atom is -0.481 e. The summed E-state index contributed by atoms with van der Waals surface area (Å²) in [6, 6.07) is 7.16. The molecule has 7 heteroatoms. The highest BCUT2D eigenvalue weighted by atomic mass is 35.5. The fourth-order valence-electron chi connectivity index (χ4n) is 1.81. The Kier molecular flexibility index (Phi) is 3.30. The van der Waals surface area contributed by atoms with Crippen molar-refractivity contribution in [1.82, 2.24) is 25.0 Å². The highest BCUT2D eigenvalue weighted by Crippen LogP contribution is 2.29. The van der Waals surface area contributed by atoms with Gasteiger partial charge in [0.1, 0.15) is 12.5 Å². The lowest BCUT2D eigenvalue weighted by atomic mass is 10.1. The van der Waals surface area contributed by atoms with Gasteiger partial charge in [-0.2, -0.15) is 0 Å². The number of halogens is 1. The van der Waals surface area contributed by atoms with E-state index in [0.29, 0.717) is 16.6 Å². The molecule has 3 rings (SSSR count). The molecule has 0 fully saturated rings. The average Bonchev–Trinajstić information content (AvgIpc) is 3.01. The van der Waals surface area contributed by atoms with Gasteiger partial charge in [0.15, 0.2) is 0 Å². The van der Waals surface area contributed by atoms with Crippen molar-refractivity contribution in [1.29, 1.82) is 0 Å². The van der Waals surface area contributed by atoms with Crippen molar-refractivity contribution < 1.29 is 4.74 Å². The highest BCUT2D eigenvalue weighted by Gasteiger charge is 2.11. The molecule has 0 aliphatic rings. The molecule has 99 valence electrons. The van der Waals surface area contributed by atoms with Gasteiger partial charge in [0.2, 0.25) is 5.88 Å². The summed E-state index contributed by atoms with van der Waals surface area (Å²) in [4.78, 5) is 8.24. The van der Waals surface area contributed by atoms with Gasteiger partial charge >= 0.3 is 0 Å². The van der Waals surface area contributed by atoms with Gasteiger partial charge in [-0.05, 0) is 18.2 Å². The van der Waals surface area contributed by atoms with Crippen LogP contribution in [0.25, 0.3) is 16.9 Å². The Morgan fingerprint density at radius 2 is 2.15 bits per heavy atom. The lowest BCUT2D eigenvalue weighted by Crippen LogP contribution is -2.00. The number of nitrogens with zero attached hydrogens (tertiary/aromatic N) is 5. The van der Waals surface area contributed by atoms with Crippen LogP contribution in [0.15, 0.2) is 36.8 Å². The molecule has 0 atom stereocenters. The van der Waals surface area contributed by atoms with Gasteiger partial charge in [0.05, 0.1) is 24.7 Å². The van der Waals surface area contributed by atoms with Crippen molar-refractivity contribution in [2.24, 2.45) is 0 Å². The summed E-state index contributed by atoms with van der Waals surface area (Å²) in [5, 5.41) is 8.23. The highest BCUT2D eigenvalue weighted by molar-refractivity contribution is 6.31. The van der Waals surface area contributed by atoms with Gasteiger partial charge in [-0.1, -0.05) is 16.8 Å². The summed E-state index contributed by atoms with van der Waals surface area (Å²) < 4.78 is 6.71. The van der Waals surface area contributed by atoms with E-state index in [1.807, 2.05) is 6.07 Å². The second-order valence-electron chi connectivity index (χ2n) is 3.90. The Morgan fingerprint density at radius 1 is 1.25 bits per heavy atom. The maximum atomic E-state index is 6.07. The summed E-state index contributed by atoms with van der Waals surface area (Å²) in [5.41, 5.74) is 2.28. The zero-order chi connectivity index (χ0) is 13.9. The van der Waals surface area contributed by atoms with Gasteiger partial charge in [-0.25, -0.2) is 14.6 Å². The largest absolute Gasteiger partial charge is 0.481 e. The maximum absolute atomic E-state index is 6.07. The van der Waals surface area contributed by atoms with E-state index in [-0.39, 0.29) is 0 Å². The molecule has 0 saturated heterocycles. The normalized spacial score (nSPS) is 10.5. The Balaban J connectivity index is 2.19. The second kappa shape index (κ2) is 5.26. The molecule has 0 unspecified atom stereocenters. The first-order chi connectivity index (χ1) is 9.78. The molecule has 1 aromatic carbocycles. The van der Waals surface area contributed by atoms with E-state index in [9.17, 15) is 0 Å². The summed E-state index contributed by atoms with van der Waals surface area (Å²) in [6.07, 6.45) is 5.72. The number of hydrogen-bond donors (Lipinski definition) is 0. The van der Waals surface area contributed by atoms with Gasteiger partial charge in [0.25, 0.3) is 0 Å². The van der Waals surface area contributed by atoms with Crippen LogP contribution in [0.1, 0.15) is 0 Å². The molecular weight excluding hydrogens is 278 g/mol. The smallest absolute Gasteiger partial charge is 0.216 e. The standard InChI is InChI=1S/C13H9ClN5O/c1-20-13-7-11(15-8-16-13)10-6-9(14)2-3-12(10)19-5-4-17-18-19/h2-3,5-8H,1H3. The van der Waals surface area contributed by atoms with E-state index in [1.165, 1.54) is 6.33 Å². The Labute approximate surface area is 120 Å². The van der Waals surface area contributed by atoms with E-state index in [4.69, 9.17) is 16.3 Å². The van der Waals surface area contributed by atoms with Crippen LogP contribution in [0, 0.1) is 6.20 Å². The lowest BCUT2D eigenvalue weighted by Gasteiger charge is -2.09. The summed E-state index contributed by atoms with van der Waals surface area (Å²) in [5.74, 6) is 0.478. The third-order valence-corrected chi connectivity index (χ3v) is 2.95. The van der Waals surface area contributed by atoms with Crippen molar-refractivity contribution >= 4 is 11.6 Å². The predicted octanol–water partition coefficient (Wildman–Crippen LogP) is 2.19. The van der Waals surface area contributed by atoms with E-state index < -0.39 is 0 Å². The molecule has 2 aromatic heterocycles. The third kappa shape index (κ3) is 2.33. The maximum Gasteiger partial charge on any atom is 0.216 e. The van der Waals surface area contributed by atoms with Crippen molar-refractivity contribution in [3.8, 4) is 22.8 Å². The van der Waals surface area contributed by atoms with Crippen LogP contribution in [-0.4, -0.2) is 32.1 Å². The Hall–Kier alpha value is -2.47. The molecule has 0 amide bonds. The molecule has 0 N–H and O–H groups in total. The number of methoxy groups -OCH3 is 1. The van der Waals surface area contributed by atoms with E-state index in [2.05, 4.69) is 26.5 Å². The SMILES string of the molecule is COc1cc(-c2cc(Cl)ccc2-n2c[c]nn2)ncn1. The number of hydrogen-bond acceptors (Lipinski definition) is 5. The quantitative estimate of drug-likeness (QED) is 0.738. The summed E-state index contributed by atoms with van der Waals surface area (Å²) in [7, 11) is 1.55. The van der Waals surface area contributed by atoms with Gasteiger partial charge in [-0.15, -0.1) is 5.10 Å². The molecule has 0 spiro atoms. The molecule has 0 saturated carbocycles. The first kappa shape index (κ1) is 12.6. The second-order valence-corrected chi connectivity index (χ2v) is 4.34. The van der Waals surface area contributed by atoms with Crippen LogP contribution in [-0.2, 0) is 0 Å². The third-order valence-electron chi connectivity index (χ3n) is 2.71. The first-order valence-corrected chi connectivity index (χ1v) is 6.10. The van der Waals surface area contributed by atoms with Gasteiger partial charge < -0.3 is 4.74 Å². The molecule has 0 aliphatic carbocycles. The first-order valence-electron chi connectivity index (χ1n) is 5.72. The van der Waals surface area contributed by atoms with Crippen molar-refractivity contribution in [3.63, 3.8) is 0 Å². The molecule has 6 nitrogen and oxygen atoms in total. The Morgan fingerprint density at radius 3 is 2.90 bits per heavy atom. The molecule has 1 radical (unpaired) electrons. The number of rotatable bonds is 3. The summed E-state index contributed by atoms with van der Waals surface area (Å²) >= 11 is 6.07. The average molecular weight is 287 g/mol. The van der Waals surface area contributed by atoms with Crippen LogP contribution in [0.3, 0.4) is 0 Å². The lowest BCUT2D eigenvalue weighted by molar-refractivity contribution is 0.397. The van der Waals surface area contributed by atoms with E-state index in [1.54, 1.807) is 36.2 Å². The molecule has 20 heavy (non-hydrogen) atoms. The van der Waals surface area contributed by atoms with Crippen LogP contribution in [0.2, 0.25) is 5.02 Å². The van der Waals surface area contributed by atoms with Gasteiger partial charge in [0, 0.05) is 16.7 Å². The molecule has 0 bridgehead atoms. The molecule has 2 heterocycles. The number of aromatic nitrogens is 5. The van der Waals surface area contributed by atoms with Crippen molar-refractivity contribution in [2.45, 2.75) is 0 Å². The fraction of sp³-hybridized carbons (Fsp3) is 0.0769. The van der Waals surface area contributed by atoms with E-state index in [0.717, 1.165) is 11.3 Å².